The van der Waals surface area contributed by atoms with Crippen LogP contribution in [0.15, 0.2) is 144 Å². The van der Waals surface area contributed by atoms with Crippen LogP contribution in [-0.2, 0) is 40.9 Å². The molecule has 4 aromatic carbocycles. The Hall–Kier alpha value is -6.49. The monoisotopic (exact) mass is 906 g/mol. The van der Waals surface area contributed by atoms with Crippen LogP contribution < -0.4 is 15.4 Å². The lowest BCUT2D eigenvalue weighted by Crippen LogP contribution is -2.71. The zero-order valence-corrected chi connectivity index (χ0v) is 37.0. The van der Waals surface area contributed by atoms with Gasteiger partial charge in [0.05, 0.1) is 7.11 Å². The number of benzene rings is 4. The first-order valence-corrected chi connectivity index (χ1v) is 22.1. The van der Waals surface area contributed by atoms with E-state index in [0.29, 0.717) is 39.3 Å². The van der Waals surface area contributed by atoms with E-state index in [1.165, 1.54) is 16.7 Å². The molecule has 3 amide bonds. The maximum Gasteiger partial charge on any atom is 0.414 e. The van der Waals surface area contributed by atoms with E-state index in [-0.39, 0.29) is 34.9 Å². The first-order chi connectivity index (χ1) is 30.4. The number of halogens is 1. The predicted molar refractivity (Wildman–Crippen MR) is 241 cm³/mol. The van der Waals surface area contributed by atoms with Gasteiger partial charge in [-0.25, -0.2) is 9.59 Å². The third kappa shape index (κ3) is 10.1. The van der Waals surface area contributed by atoms with Crippen LogP contribution in [0.4, 0.5) is 9.93 Å². The molecule has 2 unspecified atom stereocenters. The highest BCUT2D eigenvalue weighted by atomic mass is 35.5. The Bertz CT molecular complexity index is 2430. The molecule has 2 N–H and O–H groups in total. The van der Waals surface area contributed by atoms with Gasteiger partial charge in [-0.2, -0.15) is 9.36 Å². The number of carbonyl (C=O) groups is 4. The molecule has 3 heterocycles. The molecular formula is C46H43ClN6O8S2. The van der Waals surface area contributed by atoms with Crippen LogP contribution >= 0.6 is 34.9 Å². The van der Waals surface area contributed by atoms with E-state index < -0.39 is 46.5 Å². The fraction of sp³-hybridized carbons (Fsp3) is 0.239. The Kier molecular flexibility index (Phi) is 13.9. The Balaban J connectivity index is 1.22. The first-order valence-electron chi connectivity index (χ1n) is 19.7. The average molecular weight is 907 g/mol. The maximum atomic E-state index is 14.6. The quantitative estimate of drug-likeness (QED) is 0.0263. The van der Waals surface area contributed by atoms with E-state index >= 15 is 0 Å². The van der Waals surface area contributed by atoms with Crippen molar-refractivity contribution >= 4 is 69.6 Å². The Labute approximate surface area is 377 Å². The number of ether oxygens (including phenoxy) is 3. The maximum absolute atomic E-state index is 14.6. The van der Waals surface area contributed by atoms with Gasteiger partial charge in [-0.1, -0.05) is 120 Å². The van der Waals surface area contributed by atoms with Gasteiger partial charge in [-0.3, -0.25) is 19.8 Å². The lowest BCUT2D eigenvalue weighted by molar-refractivity contribution is -0.153. The molecule has 17 heteroatoms. The number of thioether (sulfide) groups is 1. The minimum atomic E-state index is -1.40. The van der Waals surface area contributed by atoms with E-state index in [1.54, 1.807) is 64.3 Å². The molecule has 0 radical (unpaired) electrons. The van der Waals surface area contributed by atoms with Crippen molar-refractivity contribution in [2.24, 2.45) is 5.16 Å². The van der Waals surface area contributed by atoms with E-state index in [4.69, 9.17) is 30.6 Å². The smallest absolute Gasteiger partial charge is 0.414 e. The van der Waals surface area contributed by atoms with Crippen LogP contribution in [0.2, 0.25) is 0 Å². The topological polar surface area (TPSA) is 171 Å². The summed E-state index contributed by atoms with van der Waals surface area (Å²) in [4.78, 5) is 67.6. The van der Waals surface area contributed by atoms with Crippen molar-refractivity contribution in [3.05, 3.63) is 167 Å². The lowest BCUT2D eigenvalue weighted by Gasteiger charge is -2.49. The molecule has 2 aliphatic heterocycles. The van der Waals surface area contributed by atoms with Gasteiger partial charge in [-0.05, 0) is 44.0 Å². The molecule has 1 saturated heterocycles. The van der Waals surface area contributed by atoms with Crippen LogP contribution in [0.1, 0.15) is 48.8 Å². The summed E-state index contributed by atoms with van der Waals surface area (Å²) in [5.41, 5.74) is 0.833. The predicted octanol–water partition coefficient (Wildman–Crippen LogP) is 7.80. The van der Waals surface area contributed by atoms with Gasteiger partial charge in [0.1, 0.15) is 35.1 Å². The highest BCUT2D eigenvalue weighted by Crippen LogP contribution is 2.42. The zero-order valence-electron chi connectivity index (χ0n) is 34.6. The van der Waals surface area contributed by atoms with E-state index in [1.807, 2.05) is 91.0 Å². The molecule has 1 aromatic heterocycles. The van der Waals surface area contributed by atoms with Gasteiger partial charge < -0.3 is 24.4 Å². The number of hydrogen-bond donors (Lipinski definition) is 2. The normalized spacial score (nSPS) is 16.5. The number of β-lactam (4-membered cyclic amide) rings is 1. The van der Waals surface area contributed by atoms with Crippen LogP contribution in [0.25, 0.3) is 0 Å². The number of rotatable bonds is 15. The second-order valence-electron chi connectivity index (χ2n) is 15.1. The van der Waals surface area contributed by atoms with Crippen molar-refractivity contribution in [2.45, 2.75) is 50.0 Å². The molecule has 0 spiro atoms. The fourth-order valence-corrected chi connectivity index (χ4v) is 8.80. The van der Waals surface area contributed by atoms with Gasteiger partial charge in [0.25, 0.3) is 11.8 Å². The summed E-state index contributed by atoms with van der Waals surface area (Å²) in [6, 6.07) is 34.2. The molecule has 1 fully saturated rings. The standard InChI is InChI=1S/C46H43ClN6O8S2/c1-45(2,3)60-44(57)50-43-49-38(52-63-43)35(51-61-46(31-16-8-5-9-17-31,32-18-10-6-11-19-32)33-20-12-7-13-21-33)39(54)48-36-40(55)53-37(30(15-14-26-47)28-62-41(36)53)42(56)59-27-29-22-24-34(58-4)25-23-29/h5-25,36,41H,26-28H2,1-4H3,(H,48,54)(H,49,50,52,57)/b15-14+,51-35?. The van der Waals surface area contributed by atoms with E-state index in [2.05, 4.69) is 25.1 Å². The summed E-state index contributed by atoms with van der Waals surface area (Å²) < 4.78 is 20.7. The third-order valence-electron chi connectivity index (χ3n) is 9.69. The second-order valence-corrected chi connectivity index (χ2v) is 17.2. The summed E-state index contributed by atoms with van der Waals surface area (Å²) >= 11 is 8.11. The zero-order chi connectivity index (χ0) is 44.6. The molecule has 0 aliphatic carbocycles. The number of alkyl halides is 1. The van der Waals surface area contributed by atoms with Crippen molar-refractivity contribution in [3.8, 4) is 5.75 Å². The van der Waals surface area contributed by atoms with Crippen molar-refractivity contribution in [1.82, 2.24) is 19.6 Å². The molecule has 0 saturated carbocycles. The van der Waals surface area contributed by atoms with E-state index in [9.17, 15) is 19.2 Å². The summed E-state index contributed by atoms with van der Waals surface area (Å²) in [6.07, 6.45) is 2.59. The number of nitrogens with one attached hydrogen (secondary N) is 2. The minimum absolute atomic E-state index is 0.0226. The Morgan fingerprint density at radius 3 is 2.06 bits per heavy atom. The lowest BCUT2D eigenvalue weighted by atomic mass is 9.80. The van der Waals surface area contributed by atoms with Gasteiger partial charge in [0, 0.05) is 39.9 Å². The number of anilines is 1. The summed E-state index contributed by atoms with van der Waals surface area (Å²) in [6.45, 7) is 5.11. The van der Waals surface area contributed by atoms with Gasteiger partial charge in [0.2, 0.25) is 22.3 Å². The van der Waals surface area contributed by atoms with Crippen LogP contribution in [-0.4, -0.2) is 79.6 Å². The molecule has 63 heavy (non-hydrogen) atoms. The SMILES string of the molecule is COc1ccc(COC(=O)C2=C(/C=C/CCl)CSC3C(NC(=O)C(=NOC(c4ccccc4)(c4ccccc4)c4ccccc4)c4nsc(NC(=O)OC(C)(C)C)n4)C(=O)N23)cc1. The van der Waals surface area contributed by atoms with Crippen LogP contribution in [0.3, 0.4) is 0 Å². The third-order valence-corrected chi connectivity index (χ3v) is 11.8. The molecule has 2 atom stereocenters. The van der Waals surface area contributed by atoms with Crippen molar-refractivity contribution in [2.75, 3.05) is 24.1 Å². The number of esters is 1. The number of aromatic nitrogens is 2. The molecule has 2 aliphatic rings. The summed E-state index contributed by atoms with van der Waals surface area (Å²) in [5.74, 6) is -1.16. The highest BCUT2D eigenvalue weighted by molar-refractivity contribution is 8.00. The number of fused-ring (bicyclic) bond motifs is 1. The number of methoxy groups -OCH3 is 1. The van der Waals surface area contributed by atoms with Crippen LogP contribution in [0, 0.1) is 0 Å². The summed E-state index contributed by atoms with van der Waals surface area (Å²) in [7, 11) is 1.56. The number of carbonyl (C=O) groups excluding carboxylic acids is 4. The first kappa shape index (κ1) is 44.6. The Morgan fingerprint density at radius 1 is 0.905 bits per heavy atom. The highest BCUT2D eigenvalue weighted by Gasteiger charge is 2.55. The fourth-order valence-electron chi connectivity index (χ4n) is 6.83. The largest absolute Gasteiger partial charge is 0.497 e. The number of amides is 3. The van der Waals surface area contributed by atoms with Gasteiger partial charge in [-0.15, -0.1) is 23.4 Å². The number of hydrogen-bond acceptors (Lipinski definition) is 13. The number of oxime groups is 1. The molecular weight excluding hydrogens is 864 g/mol. The number of allylic oxidation sites excluding steroid dienone is 2. The van der Waals surface area contributed by atoms with Crippen molar-refractivity contribution in [3.63, 3.8) is 0 Å². The molecule has 5 aromatic rings. The van der Waals surface area contributed by atoms with Crippen molar-refractivity contribution in [1.29, 1.82) is 0 Å². The minimum Gasteiger partial charge on any atom is -0.497 e. The Morgan fingerprint density at radius 2 is 1.51 bits per heavy atom. The second kappa shape index (κ2) is 19.7. The molecule has 7 rings (SSSR count). The van der Waals surface area contributed by atoms with Gasteiger partial charge in [0.15, 0.2) is 0 Å². The summed E-state index contributed by atoms with van der Waals surface area (Å²) in [5, 5.41) is 9.24. The molecule has 0 bridgehead atoms. The van der Waals surface area contributed by atoms with Gasteiger partial charge >= 0.3 is 12.1 Å². The average Bonchev–Trinajstić information content (AvgIpc) is 3.75. The number of nitrogens with zero attached hydrogens (tertiary/aromatic N) is 4. The molecule has 14 nitrogen and oxygen atoms in total. The van der Waals surface area contributed by atoms with E-state index in [0.717, 1.165) is 11.5 Å². The van der Waals surface area contributed by atoms with Crippen LogP contribution in [0.5, 0.6) is 5.75 Å². The van der Waals surface area contributed by atoms with Crippen molar-refractivity contribution < 1.29 is 38.2 Å². The molecule has 324 valence electrons.